The van der Waals surface area contributed by atoms with E-state index in [1.807, 2.05) is 6.92 Å². The lowest BCUT2D eigenvalue weighted by Gasteiger charge is -2.51. The molecule has 0 radical (unpaired) electrons. The highest BCUT2D eigenvalue weighted by molar-refractivity contribution is 7.93. The van der Waals surface area contributed by atoms with Gasteiger partial charge in [0.1, 0.15) is 11.5 Å². The largest absolute Gasteiger partial charge is 0.294 e. The van der Waals surface area contributed by atoms with Gasteiger partial charge < -0.3 is 0 Å². The van der Waals surface area contributed by atoms with Crippen molar-refractivity contribution in [1.82, 2.24) is 0 Å². The Bertz CT molecular complexity index is 2240. The van der Waals surface area contributed by atoms with E-state index in [0.29, 0.717) is 16.7 Å². The summed E-state index contributed by atoms with van der Waals surface area (Å²) >= 11 is 0. The maximum atomic E-state index is 15.3. The fraction of sp³-hybridized carbons (Fsp3) is 0.150. The molecule has 2 amide bonds. The molecule has 0 bridgehead atoms. The molecule has 7 rings (SSSR count). The highest BCUT2D eigenvalue weighted by Crippen LogP contribution is 2.60. The van der Waals surface area contributed by atoms with Crippen molar-refractivity contribution >= 4 is 44.8 Å². The molecular weight excluding hydrogens is 637 g/mol. The Balaban J connectivity index is 1.61. The van der Waals surface area contributed by atoms with Crippen molar-refractivity contribution in [3.8, 4) is 0 Å². The van der Waals surface area contributed by atoms with Crippen LogP contribution in [0.4, 0.5) is 11.4 Å². The summed E-state index contributed by atoms with van der Waals surface area (Å²) in [5.41, 5.74) is 0.513. The van der Waals surface area contributed by atoms with Crippen LogP contribution >= 0.6 is 0 Å². The number of ketones is 2. The van der Waals surface area contributed by atoms with Crippen molar-refractivity contribution < 1.29 is 27.6 Å². The molecule has 5 aromatic rings. The summed E-state index contributed by atoms with van der Waals surface area (Å²) in [6, 6.07) is 34.7. The zero-order chi connectivity index (χ0) is 34.5. The van der Waals surface area contributed by atoms with Gasteiger partial charge in [0.05, 0.1) is 16.3 Å². The molecule has 3 atom stereocenters. The van der Waals surface area contributed by atoms with Gasteiger partial charge in [-0.3, -0.25) is 23.5 Å². The SMILES string of the molecule is CC(=O)N1C(=O)[C@@]2(c3ccccc31)[C@H](C(=O)c1ccccc1)N(S(=O)(=O)c1ccc(C)cc1)c1ccccc1[C@@H]2CC(=O)c1ccccc1. The van der Waals surface area contributed by atoms with Crippen LogP contribution in [-0.2, 0) is 25.0 Å². The minimum Gasteiger partial charge on any atom is -0.294 e. The number of carbonyl (C=O) groups is 4. The first-order chi connectivity index (χ1) is 23.6. The van der Waals surface area contributed by atoms with Crippen LogP contribution in [0.15, 0.2) is 138 Å². The molecule has 0 aliphatic carbocycles. The number of imide groups is 1. The van der Waals surface area contributed by atoms with Crippen molar-refractivity contribution in [2.24, 2.45) is 0 Å². The number of fused-ring (bicyclic) bond motifs is 3. The van der Waals surface area contributed by atoms with E-state index >= 15 is 18.0 Å². The summed E-state index contributed by atoms with van der Waals surface area (Å²) in [6.45, 7) is 3.09. The third-order valence-corrected chi connectivity index (χ3v) is 11.4. The van der Waals surface area contributed by atoms with E-state index in [1.165, 1.54) is 19.1 Å². The topological polar surface area (TPSA) is 109 Å². The minimum absolute atomic E-state index is 0.0742. The molecule has 2 aliphatic rings. The van der Waals surface area contributed by atoms with Gasteiger partial charge in [0.25, 0.3) is 10.0 Å². The first-order valence-electron chi connectivity index (χ1n) is 15.9. The number of para-hydroxylation sites is 2. The summed E-state index contributed by atoms with van der Waals surface area (Å²) in [5.74, 6) is -3.35. The van der Waals surface area contributed by atoms with Crippen LogP contribution in [0, 0.1) is 6.92 Å². The molecule has 2 heterocycles. The van der Waals surface area contributed by atoms with Gasteiger partial charge in [0, 0.05) is 30.4 Å². The molecule has 0 unspecified atom stereocenters. The Hall–Kier alpha value is -5.67. The van der Waals surface area contributed by atoms with E-state index in [-0.39, 0.29) is 34.0 Å². The summed E-state index contributed by atoms with van der Waals surface area (Å²) in [4.78, 5) is 59.0. The number of amides is 2. The number of hydrogen-bond donors (Lipinski definition) is 0. The first kappa shape index (κ1) is 31.9. The standard InChI is InChI=1S/C40H32N2O6S/c1-26-21-23-30(24-22-26)49(47,48)42-34-19-11-9-17-31(34)33(25-36(44)28-13-5-3-6-14-28)40(38(42)37(45)29-15-7-4-8-16-29)32-18-10-12-20-35(32)41(27(2)43)39(40)46/h3-24,33,38H,25H2,1-2H3/t33-,38-,40+/m0/s1. The molecule has 0 saturated carbocycles. The van der Waals surface area contributed by atoms with Crippen LogP contribution < -0.4 is 9.21 Å². The lowest BCUT2D eigenvalue weighted by atomic mass is 9.58. The molecule has 0 saturated heterocycles. The van der Waals surface area contributed by atoms with Crippen LogP contribution in [0.1, 0.15) is 56.7 Å². The second-order valence-electron chi connectivity index (χ2n) is 12.4. The zero-order valence-electron chi connectivity index (χ0n) is 26.8. The Morgan fingerprint density at radius 3 is 1.88 bits per heavy atom. The van der Waals surface area contributed by atoms with Gasteiger partial charge >= 0.3 is 0 Å². The Morgan fingerprint density at radius 1 is 0.694 bits per heavy atom. The molecular formula is C40H32N2O6S. The van der Waals surface area contributed by atoms with Crippen molar-refractivity contribution in [3.05, 3.63) is 161 Å². The molecule has 8 nitrogen and oxygen atoms in total. The van der Waals surface area contributed by atoms with Gasteiger partial charge in [-0.2, -0.15) is 0 Å². The monoisotopic (exact) mass is 668 g/mol. The van der Waals surface area contributed by atoms with Crippen LogP contribution in [0.2, 0.25) is 0 Å². The third-order valence-electron chi connectivity index (χ3n) is 9.60. The fourth-order valence-electron chi connectivity index (χ4n) is 7.45. The maximum absolute atomic E-state index is 15.3. The molecule has 1 spiro atoms. The lowest BCUT2D eigenvalue weighted by molar-refractivity contribution is -0.129. The summed E-state index contributed by atoms with van der Waals surface area (Å²) in [7, 11) is -4.55. The number of nitrogens with zero attached hydrogens (tertiary/aromatic N) is 2. The van der Waals surface area contributed by atoms with Gasteiger partial charge in [-0.15, -0.1) is 0 Å². The number of hydrogen-bond acceptors (Lipinski definition) is 6. The number of sulfonamides is 1. The van der Waals surface area contributed by atoms with Gasteiger partial charge in [0.2, 0.25) is 11.8 Å². The van der Waals surface area contributed by atoms with Crippen LogP contribution in [0.3, 0.4) is 0 Å². The second-order valence-corrected chi connectivity index (χ2v) is 14.2. The second kappa shape index (κ2) is 12.1. The predicted molar refractivity (Wildman–Crippen MR) is 186 cm³/mol. The highest BCUT2D eigenvalue weighted by atomic mass is 32.2. The predicted octanol–water partition coefficient (Wildman–Crippen LogP) is 6.64. The molecule has 9 heteroatoms. The highest BCUT2D eigenvalue weighted by Gasteiger charge is 2.68. The zero-order valence-corrected chi connectivity index (χ0v) is 27.6. The summed E-state index contributed by atoms with van der Waals surface area (Å²) < 4.78 is 31.2. The van der Waals surface area contributed by atoms with E-state index in [0.717, 1.165) is 14.8 Å². The number of anilines is 2. The minimum atomic E-state index is -4.55. The maximum Gasteiger partial charge on any atom is 0.265 e. The quantitative estimate of drug-likeness (QED) is 0.180. The van der Waals surface area contributed by atoms with Crippen LogP contribution in [0.5, 0.6) is 0 Å². The van der Waals surface area contributed by atoms with Gasteiger partial charge in [0.15, 0.2) is 11.6 Å². The third kappa shape index (κ3) is 4.92. The van der Waals surface area contributed by atoms with Gasteiger partial charge in [-0.1, -0.05) is 115 Å². The normalized spacial score (nSPS) is 19.8. The number of carbonyl (C=O) groups excluding carboxylic acids is 4. The van der Waals surface area contributed by atoms with E-state index < -0.39 is 45.0 Å². The van der Waals surface area contributed by atoms with Crippen LogP contribution in [0.25, 0.3) is 0 Å². The first-order valence-corrected chi connectivity index (χ1v) is 17.3. The van der Waals surface area contributed by atoms with Crippen molar-refractivity contribution in [2.45, 2.75) is 42.5 Å². The van der Waals surface area contributed by atoms with Crippen LogP contribution in [-0.4, -0.2) is 37.8 Å². The molecule has 5 aromatic carbocycles. The van der Waals surface area contributed by atoms with E-state index in [2.05, 4.69) is 0 Å². The smallest absolute Gasteiger partial charge is 0.265 e. The van der Waals surface area contributed by atoms with Gasteiger partial charge in [-0.05, 0) is 42.3 Å². The van der Waals surface area contributed by atoms with Crippen molar-refractivity contribution in [1.29, 1.82) is 0 Å². The molecule has 0 fully saturated rings. The average molecular weight is 669 g/mol. The van der Waals surface area contributed by atoms with Gasteiger partial charge in [-0.25, -0.2) is 13.3 Å². The summed E-state index contributed by atoms with van der Waals surface area (Å²) in [5, 5.41) is 0. The summed E-state index contributed by atoms with van der Waals surface area (Å²) in [6.07, 6.45) is -0.246. The van der Waals surface area contributed by atoms with E-state index in [4.69, 9.17) is 0 Å². The number of benzene rings is 5. The Kier molecular flexibility index (Phi) is 7.87. The molecule has 0 N–H and O–H groups in total. The lowest BCUT2D eigenvalue weighted by Crippen LogP contribution is -2.66. The van der Waals surface area contributed by atoms with Crippen molar-refractivity contribution in [3.63, 3.8) is 0 Å². The van der Waals surface area contributed by atoms with Crippen molar-refractivity contribution in [2.75, 3.05) is 9.21 Å². The van der Waals surface area contributed by atoms with E-state index in [1.54, 1.807) is 121 Å². The molecule has 0 aromatic heterocycles. The van der Waals surface area contributed by atoms with E-state index in [9.17, 15) is 9.59 Å². The number of Topliss-reactive ketones (excluding diaryl/α,β-unsaturated/α-hetero) is 2. The number of rotatable bonds is 7. The Morgan fingerprint density at radius 2 is 1.24 bits per heavy atom. The Labute approximate surface area is 284 Å². The molecule has 2 aliphatic heterocycles. The number of aryl methyl sites for hydroxylation is 1. The molecule has 244 valence electrons. The molecule has 49 heavy (non-hydrogen) atoms. The average Bonchev–Trinajstić information content (AvgIpc) is 3.37. The fourth-order valence-corrected chi connectivity index (χ4v) is 9.12.